The van der Waals surface area contributed by atoms with Crippen LogP contribution in [0.2, 0.25) is 0 Å². The number of hydrogen-bond donors (Lipinski definition) is 3. The van der Waals surface area contributed by atoms with E-state index in [1.165, 1.54) is 0 Å². The normalized spacial score (nSPS) is 20.5. The quantitative estimate of drug-likeness (QED) is 0.767. The molecule has 1 spiro atoms. The molecule has 2 fully saturated rings. The number of aromatic nitrogens is 3. The third-order valence-electron chi connectivity index (χ3n) is 5.15. The van der Waals surface area contributed by atoms with Gasteiger partial charge in [-0.05, 0) is 25.0 Å². The Morgan fingerprint density at radius 1 is 1.36 bits per heavy atom. The summed E-state index contributed by atoms with van der Waals surface area (Å²) in [5, 5.41) is 12.5. The van der Waals surface area contributed by atoms with Gasteiger partial charge in [0.25, 0.3) is 11.8 Å². The number of nitrogens with zero attached hydrogens (tertiary/aromatic N) is 3. The lowest BCUT2D eigenvalue weighted by Gasteiger charge is -2.18. The van der Waals surface area contributed by atoms with Crippen LogP contribution in [0, 0.1) is 5.41 Å². The maximum absolute atomic E-state index is 12.8. The van der Waals surface area contributed by atoms with Crippen molar-refractivity contribution in [3.8, 4) is 0 Å². The van der Waals surface area contributed by atoms with Crippen molar-refractivity contribution in [2.45, 2.75) is 18.9 Å². The smallest absolute Gasteiger partial charge is 0.269 e. The van der Waals surface area contributed by atoms with Crippen LogP contribution in [0.4, 0.5) is 5.69 Å². The molecule has 8 heteroatoms. The molecule has 3 N–H and O–H groups in total. The SMILES string of the molecule is CNc1cncc(C(=O)N2CC(NC(=O)c3ccn[nH]3)C3(CC3)C2)c1. The number of carbonyl (C=O) groups is 2. The second kappa shape index (κ2) is 5.87. The lowest BCUT2D eigenvalue weighted by Crippen LogP contribution is -2.42. The van der Waals surface area contributed by atoms with E-state index in [-0.39, 0.29) is 23.3 Å². The van der Waals surface area contributed by atoms with Crippen molar-refractivity contribution < 1.29 is 9.59 Å². The monoisotopic (exact) mass is 340 g/mol. The number of carbonyl (C=O) groups excluding carboxylic acids is 2. The van der Waals surface area contributed by atoms with Gasteiger partial charge in [-0.2, -0.15) is 5.10 Å². The number of amides is 2. The molecule has 1 saturated heterocycles. The van der Waals surface area contributed by atoms with Crippen LogP contribution in [0.1, 0.15) is 33.7 Å². The van der Waals surface area contributed by atoms with Gasteiger partial charge in [-0.3, -0.25) is 19.7 Å². The van der Waals surface area contributed by atoms with Crippen LogP contribution in [-0.4, -0.2) is 58.1 Å². The summed E-state index contributed by atoms with van der Waals surface area (Å²) in [5.41, 5.74) is 1.81. The average molecular weight is 340 g/mol. The Kier molecular flexibility index (Phi) is 3.67. The van der Waals surface area contributed by atoms with Gasteiger partial charge in [0.05, 0.1) is 17.3 Å². The molecule has 1 aliphatic carbocycles. The molecule has 2 amide bonds. The van der Waals surface area contributed by atoms with E-state index in [9.17, 15) is 9.59 Å². The van der Waals surface area contributed by atoms with E-state index in [4.69, 9.17) is 0 Å². The van der Waals surface area contributed by atoms with Gasteiger partial charge in [-0.25, -0.2) is 0 Å². The fourth-order valence-corrected chi connectivity index (χ4v) is 3.48. The molecule has 1 atom stereocenters. The molecule has 0 bridgehead atoms. The molecule has 2 aromatic rings. The van der Waals surface area contributed by atoms with E-state index in [2.05, 4.69) is 25.8 Å². The Hall–Kier alpha value is -2.90. The van der Waals surface area contributed by atoms with Gasteiger partial charge in [0, 0.05) is 44.1 Å². The van der Waals surface area contributed by atoms with Gasteiger partial charge in [0.2, 0.25) is 0 Å². The molecule has 0 aromatic carbocycles. The number of likely N-dealkylation sites (tertiary alicyclic amines) is 1. The molecule has 1 unspecified atom stereocenters. The number of nitrogens with one attached hydrogen (secondary N) is 3. The lowest BCUT2D eigenvalue weighted by atomic mass is 10.0. The predicted molar refractivity (Wildman–Crippen MR) is 91.2 cm³/mol. The third kappa shape index (κ3) is 2.84. The van der Waals surface area contributed by atoms with Crippen molar-refractivity contribution in [1.82, 2.24) is 25.4 Å². The van der Waals surface area contributed by atoms with Gasteiger partial charge in [-0.1, -0.05) is 0 Å². The maximum atomic E-state index is 12.8. The summed E-state index contributed by atoms with van der Waals surface area (Å²) < 4.78 is 0. The molecular weight excluding hydrogens is 320 g/mol. The van der Waals surface area contributed by atoms with E-state index in [0.717, 1.165) is 18.5 Å². The van der Waals surface area contributed by atoms with Crippen molar-refractivity contribution in [2.24, 2.45) is 5.41 Å². The van der Waals surface area contributed by atoms with Crippen LogP contribution >= 0.6 is 0 Å². The molecule has 2 aromatic heterocycles. The van der Waals surface area contributed by atoms with Gasteiger partial charge in [0.1, 0.15) is 5.69 Å². The summed E-state index contributed by atoms with van der Waals surface area (Å²) in [6.45, 7) is 1.19. The second-order valence-corrected chi connectivity index (χ2v) is 6.76. The first-order valence-corrected chi connectivity index (χ1v) is 8.34. The predicted octanol–water partition coefficient (Wildman–Crippen LogP) is 0.881. The molecule has 130 valence electrons. The Balaban J connectivity index is 1.48. The van der Waals surface area contributed by atoms with E-state index in [1.54, 1.807) is 37.8 Å². The number of aromatic amines is 1. The molecule has 4 rings (SSSR count). The van der Waals surface area contributed by atoms with Gasteiger partial charge >= 0.3 is 0 Å². The standard InChI is InChI=1S/C17H20N6O2/c1-18-12-6-11(7-19-8-12)16(25)23-9-14(17(10-23)3-4-17)21-15(24)13-2-5-20-22-13/h2,5-8,14,18H,3-4,9-10H2,1H3,(H,20,22)(H,21,24). The first-order chi connectivity index (χ1) is 12.1. The maximum Gasteiger partial charge on any atom is 0.269 e. The summed E-state index contributed by atoms with van der Waals surface area (Å²) >= 11 is 0. The summed E-state index contributed by atoms with van der Waals surface area (Å²) in [7, 11) is 1.79. The highest BCUT2D eigenvalue weighted by atomic mass is 16.2. The Morgan fingerprint density at radius 3 is 2.88 bits per heavy atom. The first-order valence-electron chi connectivity index (χ1n) is 8.34. The zero-order valence-corrected chi connectivity index (χ0v) is 14.0. The van der Waals surface area contributed by atoms with Crippen LogP contribution in [0.5, 0.6) is 0 Å². The number of H-pyrrole nitrogens is 1. The highest BCUT2D eigenvalue weighted by Gasteiger charge is 2.56. The van der Waals surface area contributed by atoms with E-state index in [1.807, 2.05) is 4.90 Å². The van der Waals surface area contributed by atoms with Gasteiger partial charge < -0.3 is 15.5 Å². The van der Waals surface area contributed by atoms with Crippen molar-refractivity contribution in [2.75, 3.05) is 25.5 Å². The van der Waals surface area contributed by atoms with Crippen molar-refractivity contribution in [3.05, 3.63) is 42.0 Å². The van der Waals surface area contributed by atoms with Crippen LogP contribution in [0.15, 0.2) is 30.7 Å². The summed E-state index contributed by atoms with van der Waals surface area (Å²) in [4.78, 5) is 31.1. The van der Waals surface area contributed by atoms with Crippen LogP contribution in [0.3, 0.4) is 0 Å². The fourth-order valence-electron chi connectivity index (χ4n) is 3.48. The van der Waals surface area contributed by atoms with E-state index < -0.39 is 0 Å². The fraction of sp³-hybridized carbons (Fsp3) is 0.412. The topological polar surface area (TPSA) is 103 Å². The minimum absolute atomic E-state index is 0.0133. The van der Waals surface area contributed by atoms with Gasteiger partial charge in [0.15, 0.2) is 0 Å². The molecule has 1 aliphatic heterocycles. The largest absolute Gasteiger partial charge is 0.387 e. The highest BCUT2D eigenvalue weighted by molar-refractivity contribution is 5.95. The third-order valence-corrected chi connectivity index (χ3v) is 5.15. The van der Waals surface area contributed by atoms with Crippen molar-refractivity contribution in [1.29, 1.82) is 0 Å². The Labute approximate surface area is 145 Å². The summed E-state index contributed by atoms with van der Waals surface area (Å²) in [6, 6.07) is 3.40. The molecule has 0 radical (unpaired) electrons. The zero-order valence-electron chi connectivity index (χ0n) is 14.0. The highest BCUT2D eigenvalue weighted by Crippen LogP contribution is 2.53. The second-order valence-electron chi connectivity index (χ2n) is 6.76. The van der Waals surface area contributed by atoms with Gasteiger partial charge in [-0.15, -0.1) is 0 Å². The van der Waals surface area contributed by atoms with E-state index >= 15 is 0 Å². The lowest BCUT2D eigenvalue weighted by molar-refractivity contribution is 0.0779. The van der Waals surface area contributed by atoms with Crippen molar-refractivity contribution >= 4 is 17.5 Å². The summed E-state index contributed by atoms with van der Waals surface area (Å²) in [6.07, 6.45) is 6.86. The van der Waals surface area contributed by atoms with Crippen LogP contribution in [0.25, 0.3) is 0 Å². The number of hydrogen-bond acceptors (Lipinski definition) is 5. The molecule has 25 heavy (non-hydrogen) atoms. The molecule has 3 heterocycles. The Bertz CT molecular complexity index is 799. The number of anilines is 1. The minimum atomic E-state index is -0.179. The van der Waals surface area contributed by atoms with E-state index in [0.29, 0.717) is 24.3 Å². The molecular formula is C17H20N6O2. The Morgan fingerprint density at radius 2 is 2.20 bits per heavy atom. The molecule has 8 nitrogen and oxygen atoms in total. The summed E-state index contributed by atoms with van der Waals surface area (Å²) in [5.74, 6) is -0.226. The van der Waals surface area contributed by atoms with Crippen LogP contribution in [-0.2, 0) is 0 Å². The first kappa shape index (κ1) is 15.6. The van der Waals surface area contributed by atoms with Crippen molar-refractivity contribution in [3.63, 3.8) is 0 Å². The zero-order chi connectivity index (χ0) is 17.4. The molecule has 1 saturated carbocycles. The number of pyridine rings is 1. The number of rotatable bonds is 4. The average Bonchev–Trinajstić information content (AvgIpc) is 3.06. The minimum Gasteiger partial charge on any atom is -0.387 e. The van der Waals surface area contributed by atoms with Crippen LogP contribution < -0.4 is 10.6 Å². The molecule has 2 aliphatic rings.